The second-order valence-electron chi connectivity index (χ2n) is 8.03. The molecule has 0 aliphatic heterocycles. The van der Waals surface area contributed by atoms with Gasteiger partial charge in [0, 0.05) is 22.4 Å². The number of carbonyl (C=O) groups is 2. The van der Waals surface area contributed by atoms with Crippen molar-refractivity contribution in [3.05, 3.63) is 94.0 Å². The first-order valence-corrected chi connectivity index (χ1v) is 10.6. The summed E-state index contributed by atoms with van der Waals surface area (Å²) in [7, 11) is 0. The van der Waals surface area contributed by atoms with Crippen LogP contribution in [0.5, 0.6) is 11.5 Å². The Labute approximate surface area is 190 Å². The van der Waals surface area contributed by atoms with Gasteiger partial charge in [0.1, 0.15) is 17.6 Å². The molecule has 1 N–H and O–H groups in total. The monoisotopic (exact) mass is 445 g/mol. The minimum Gasteiger partial charge on any atom is -0.481 e. The highest BCUT2D eigenvalue weighted by molar-refractivity contribution is 6.30. The van der Waals surface area contributed by atoms with E-state index in [0.29, 0.717) is 34.1 Å². The summed E-state index contributed by atoms with van der Waals surface area (Å²) in [5, 5.41) is 19.0. The highest BCUT2D eigenvalue weighted by Crippen LogP contribution is 2.51. The van der Waals surface area contributed by atoms with Gasteiger partial charge >= 0.3 is 5.97 Å². The van der Waals surface area contributed by atoms with Gasteiger partial charge in [0.2, 0.25) is 0 Å². The SMILES string of the molecule is N#Cc1cc(CC(=O)O)ccc1Oc1ccc(C(=O)CC2(c3ccc(Cl)cc3)CC2)cc1. The smallest absolute Gasteiger partial charge is 0.307 e. The maximum atomic E-state index is 12.9. The maximum absolute atomic E-state index is 12.9. The van der Waals surface area contributed by atoms with Gasteiger partial charge in [-0.3, -0.25) is 9.59 Å². The Hall–Kier alpha value is -3.62. The third-order valence-electron chi connectivity index (χ3n) is 5.73. The summed E-state index contributed by atoms with van der Waals surface area (Å²) < 4.78 is 5.80. The van der Waals surface area contributed by atoms with Crippen LogP contribution in [-0.4, -0.2) is 16.9 Å². The lowest BCUT2D eigenvalue weighted by atomic mass is 9.88. The number of nitrogens with zero attached hydrogens (tertiary/aromatic N) is 1. The third kappa shape index (κ3) is 4.82. The van der Waals surface area contributed by atoms with Crippen molar-refractivity contribution in [2.75, 3.05) is 0 Å². The lowest BCUT2D eigenvalue weighted by Gasteiger charge is -2.15. The van der Waals surface area contributed by atoms with Crippen molar-refractivity contribution in [2.45, 2.75) is 31.1 Å². The fourth-order valence-corrected chi connectivity index (χ4v) is 3.93. The molecule has 0 amide bonds. The van der Waals surface area contributed by atoms with E-state index in [0.717, 1.165) is 18.4 Å². The lowest BCUT2D eigenvalue weighted by molar-refractivity contribution is -0.136. The molecule has 1 aliphatic carbocycles. The van der Waals surface area contributed by atoms with Crippen molar-refractivity contribution < 1.29 is 19.4 Å². The molecule has 0 atom stereocenters. The topological polar surface area (TPSA) is 87.4 Å². The molecule has 0 unspecified atom stereocenters. The molecule has 0 radical (unpaired) electrons. The van der Waals surface area contributed by atoms with Gasteiger partial charge in [-0.25, -0.2) is 0 Å². The van der Waals surface area contributed by atoms with Gasteiger partial charge in [-0.2, -0.15) is 5.26 Å². The second-order valence-corrected chi connectivity index (χ2v) is 8.46. The first kappa shape index (κ1) is 21.6. The summed E-state index contributed by atoms with van der Waals surface area (Å²) in [6.07, 6.45) is 2.24. The molecule has 0 aromatic heterocycles. The molecule has 1 aliphatic rings. The molecule has 0 spiro atoms. The van der Waals surface area contributed by atoms with Gasteiger partial charge in [-0.1, -0.05) is 29.8 Å². The number of benzene rings is 3. The normalized spacial score (nSPS) is 13.8. The van der Waals surface area contributed by atoms with Crippen LogP contribution >= 0.6 is 11.6 Å². The number of nitriles is 1. The number of hydrogen-bond donors (Lipinski definition) is 1. The van der Waals surface area contributed by atoms with Crippen LogP contribution in [0, 0.1) is 11.3 Å². The zero-order valence-corrected chi connectivity index (χ0v) is 17.9. The zero-order chi connectivity index (χ0) is 22.7. The van der Waals surface area contributed by atoms with E-state index in [1.807, 2.05) is 30.3 Å². The summed E-state index contributed by atoms with van der Waals surface area (Å²) in [4.78, 5) is 23.7. The van der Waals surface area contributed by atoms with E-state index < -0.39 is 5.97 Å². The Kier molecular flexibility index (Phi) is 5.98. The Morgan fingerprint density at radius 3 is 2.31 bits per heavy atom. The summed E-state index contributed by atoms with van der Waals surface area (Å²) in [6, 6.07) is 21.3. The first-order chi connectivity index (χ1) is 15.4. The van der Waals surface area contributed by atoms with E-state index in [1.165, 1.54) is 6.07 Å². The average molecular weight is 446 g/mol. The quantitative estimate of drug-likeness (QED) is 0.434. The van der Waals surface area contributed by atoms with E-state index in [-0.39, 0.29) is 23.2 Å². The number of aliphatic carboxylic acids is 1. The van der Waals surface area contributed by atoms with Crippen molar-refractivity contribution in [2.24, 2.45) is 0 Å². The Bertz CT molecular complexity index is 1210. The van der Waals surface area contributed by atoms with E-state index in [1.54, 1.807) is 36.4 Å². The van der Waals surface area contributed by atoms with E-state index >= 15 is 0 Å². The molecule has 3 aromatic carbocycles. The van der Waals surface area contributed by atoms with Crippen LogP contribution in [-0.2, 0) is 16.6 Å². The van der Waals surface area contributed by atoms with E-state index in [9.17, 15) is 14.9 Å². The maximum Gasteiger partial charge on any atom is 0.307 e. The Morgan fingerprint density at radius 2 is 1.72 bits per heavy atom. The minimum atomic E-state index is -0.966. The predicted molar refractivity (Wildman–Crippen MR) is 120 cm³/mol. The van der Waals surface area contributed by atoms with Crippen molar-refractivity contribution >= 4 is 23.4 Å². The molecular weight excluding hydrogens is 426 g/mol. The summed E-state index contributed by atoms with van der Waals surface area (Å²) in [5.74, 6) is -0.0742. The summed E-state index contributed by atoms with van der Waals surface area (Å²) >= 11 is 5.98. The van der Waals surface area contributed by atoms with Crippen LogP contribution in [0.15, 0.2) is 66.7 Å². The van der Waals surface area contributed by atoms with Gasteiger partial charge in [-0.05, 0) is 72.5 Å². The fourth-order valence-electron chi connectivity index (χ4n) is 3.81. The average Bonchev–Trinajstić information content (AvgIpc) is 3.55. The molecule has 160 valence electrons. The highest BCUT2D eigenvalue weighted by atomic mass is 35.5. The Morgan fingerprint density at radius 1 is 1.03 bits per heavy atom. The number of Topliss-reactive ketones (excluding diaryl/α,β-unsaturated/α-hetero) is 1. The van der Waals surface area contributed by atoms with Gasteiger partial charge < -0.3 is 9.84 Å². The van der Waals surface area contributed by atoms with Gasteiger partial charge in [-0.15, -0.1) is 0 Å². The first-order valence-electron chi connectivity index (χ1n) is 10.2. The van der Waals surface area contributed by atoms with Gasteiger partial charge in [0.25, 0.3) is 0 Å². The van der Waals surface area contributed by atoms with Crippen molar-refractivity contribution in [3.8, 4) is 17.6 Å². The molecule has 0 heterocycles. The lowest BCUT2D eigenvalue weighted by Crippen LogP contribution is -2.13. The number of ketones is 1. The second kappa shape index (κ2) is 8.86. The van der Waals surface area contributed by atoms with Crippen LogP contribution in [0.4, 0.5) is 0 Å². The summed E-state index contributed by atoms with van der Waals surface area (Å²) in [6.45, 7) is 0. The van der Waals surface area contributed by atoms with Crippen molar-refractivity contribution in [1.82, 2.24) is 0 Å². The van der Waals surface area contributed by atoms with Crippen LogP contribution in [0.25, 0.3) is 0 Å². The fraction of sp³-hybridized carbons (Fsp3) is 0.192. The number of carboxylic acids is 1. The van der Waals surface area contributed by atoms with Crippen molar-refractivity contribution in [1.29, 1.82) is 5.26 Å². The number of halogens is 1. The van der Waals surface area contributed by atoms with Gasteiger partial charge in [0.15, 0.2) is 5.78 Å². The van der Waals surface area contributed by atoms with Crippen LogP contribution in [0.2, 0.25) is 5.02 Å². The number of hydrogen-bond acceptors (Lipinski definition) is 4. The molecule has 1 saturated carbocycles. The molecule has 5 nitrogen and oxygen atoms in total. The van der Waals surface area contributed by atoms with E-state index in [4.69, 9.17) is 21.4 Å². The minimum absolute atomic E-state index is 0.0692. The standard InChI is InChI=1S/C26H20ClNO4/c27-21-6-4-20(5-7-21)26(11-12-26)15-23(29)18-2-8-22(9-3-18)32-24-10-1-17(14-25(30)31)13-19(24)16-28/h1-10,13H,11-12,14-15H2,(H,30,31). The molecule has 32 heavy (non-hydrogen) atoms. The van der Waals surface area contributed by atoms with Crippen LogP contribution < -0.4 is 4.74 Å². The van der Waals surface area contributed by atoms with Gasteiger partial charge in [0.05, 0.1) is 12.0 Å². The molecular formula is C26H20ClNO4. The number of rotatable bonds is 8. The highest BCUT2D eigenvalue weighted by Gasteiger charge is 2.45. The third-order valence-corrected chi connectivity index (χ3v) is 5.98. The van der Waals surface area contributed by atoms with E-state index in [2.05, 4.69) is 0 Å². The van der Waals surface area contributed by atoms with Crippen LogP contribution in [0.1, 0.15) is 46.3 Å². The number of carboxylic acid groups (broad SMARTS) is 1. The molecule has 0 saturated heterocycles. The largest absolute Gasteiger partial charge is 0.481 e. The number of carbonyl (C=O) groups excluding carboxylic acids is 1. The molecule has 1 fully saturated rings. The van der Waals surface area contributed by atoms with Crippen molar-refractivity contribution in [3.63, 3.8) is 0 Å². The molecule has 0 bridgehead atoms. The number of ether oxygens (including phenoxy) is 1. The van der Waals surface area contributed by atoms with Crippen LogP contribution in [0.3, 0.4) is 0 Å². The molecule has 4 rings (SSSR count). The zero-order valence-electron chi connectivity index (χ0n) is 17.2. The molecule has 3 aromatic rings. The predicted octanol–water partition coefficient (Wildman–Crippen LogP) is 5.94. The molecule has 6 heteroatoms. The Balaban J connectivity index is 1.44. The summed E-state index contributed by atoms with van der Waals surface area (Å²) in [5.41, 5.74) is 2.43.